The lowest BCUT2D eigenvalue weighted by atomic mass is 10.1. The van der Waals surface area contributed by atoms with Crippen LogP contribution in [-0.4, -0.2) is 28.7 Å². The van der Waals surface area contributed by atoms with Crippen LogP contribution in [0.25, 0.3) is 0 Å². The van der Waals surface area contributed by atoms with Gasteiger partial charge in [-0.2, -0.15) is 0 Å². The van der Waals surface area contributed by atoms with Crippen molar-refractivity contribution < 1.29 is 0 Å². The normalized spacial score (nSPS) is 21.8. The summed E-state index contributed by atoms with van der Waals surface area (Å²) in [6.07, 6.45) is 9.46. The Kier molecular flexibility index (Phi) is 3.89. The van der Waals surface area contributed by atoms with Crippen molar-refractivity contribution >= 4 is 17.6 Å². The molecule has 5 heteroatoms. The molecule has 0 fully saturated rings. The third-order valence-corrected chi connectivity index (χ3v) is 3.62. The van der Waals surface area contributed by atoms with Gasteiger partial charge in [0.05, 0.1) is 11.4 Å². The van der Waals surface area contributed by atoms with Crippen LogP contribution in [0.3, 0.4) is 0 Å². The topological polar surface area (TPSA) is 42.2 Å². The first-order valence-corrected chi connectivity index (χ1v) is 6.97. The monoisotopic (exact) mass is 250 g/mol. The van der Waals surface area contributed by atoms with Gasteiger partial charge in [-0.05, 0) is 25.5 Å². The number of allylic oxidation sites excluding steroid dienone is 1. The second kappa shape index (κ2) is 5.40. The number of thioether (sulfide) groups is 1. The van der Waals surface area contributed by atoms with Gasteiger partial charge in [0, 0.05) is 19.8 Å². The van der Waals surface area contributed by atoms with E-state index in [1.165, 1.54) is 5.69 Å². The van der Waals surface area contributed by atoms with E-state index in [-0.39, 0.29) is 0 Å². The van der Waals surface area contributed by atoms with Crippen LogP contribution in [-0.2, 0) is 13.5 Å². The van der Waals surface area contributed by atoms with Crippen molar-refractivity contribution in [2.24, 2.45) is 12.0 Å². The number of hydrogen-bond donors (Lipinski definition) is 1. The molecule has 0 amide bonds. The minimum Gasteiger partial charge on any atom is -0.337 e. The first kappa shape index (κ1) is 12.2. The van der Waals surface area contributed by atoms with Crippen LogP contribution in [0.4, 0.5) is 0 Å². The molecule has 1 aliphatic rings. The fraction of sp³-hybridized carbons (Fsp3) is 0.500. The van der Waals surface area contributed by atoms with Crippen LogP contribution in [0.2, 0.25) is 0 Å². The van der Waals surface area contributed by atoms with E-state index in [0.29, 0.717) is 0 Å². The van der Waals surface area contributed by atoms with E-state index in [0.717, 1.165) is 35.8 Å². The van der Waals surface area contributed by atoms with E-state index in [1.807, 2.05) is 13.4 Å². The van der Waals surface area contributed by atoms with Crippen LogP contribution in [0.5, 0.6) is 0 Å². The molecular formula is C12H18N4S. The zero-order valence-electron chi connectivity index (χ0n) is 10.5. The highest BCUT2D eigenvalue weighted by Gasteiger charge is 2.16. The summed E-state index contributed by atoms with van der Waals surface area (Å²) in [5.41, 5.74) is 2.24. The summed E-state index contributed by atoms with van der Waals surface area (Å²) in [6, 6.07) is 0. The Hall–Kier alpha value is -1.23. The number of nitrogens with one attached hydrogen (secondary N) is 1. The number of aliphatic imine (C=N–C) groups is 1. The number of fused-ring (bicyclic) bond motifs is 1. The molecule has 1 aliphatic heterocycles. The van der Waals surface area contributed by atoms with Gasteiger partial charge in [0.2, 0.25) is 0 Å². The van der Waals surface area contributed by atoms with E-state index in [2.05, 4.69) is 32.2 Å². The summed E-state index contributed by atoms with van der Waals surface area (Å²) in [5.74, 6) is 0.864. The number of hydrogen-bond acceptors (Lipinski definition) is 3. The summed E-state index contributed by atoms with van der Waals surface area (Å²) in [6.45, 7) is 0. The molecule has 1 N–H and O–H groups in total. The van der Waals surface area contributed by atoms with Gasteiger partial charge >= 0.3 is 0 Å². The van der Waals surface area contributed by atoms with Gasteiger partial charge in [0.25, 0.3) is 0 Å². The highest BCUT2D eigenvalue weighted by Crippen LogP contribution is 2.17. The predicted molar refractivity (Wildman–Crippen MR) is 73.3 cm³/mol. The first-order chi connectivity index (χ1) is 8.26. The zero-order chi connectivity index (χ0) is 12.3. The summed E-state index contributed by atoms with van der Waals surface area (Å²) in [7, 11) is 3.84. The molecule has 2 heterocycles. The second-order valence-corrected chi connectivity index (χ2v) is 4.86. The quantitative estimate of drug-likeness (QED) is 0.828. The van der Waals surface area contributed by atoms with Crippen LogP contribution < -0.4 is 5.32 Å². The SMILES string of the molecule is CN=C1N/C(SC)=C/CCCc2c1ncn2C. The smallest absolute Gasteiger partial charge is 0.153 e. The number of rotatable bonds is 1. The van der Waals surface area contributed by atoms with Gasteiger partial charge < -0.3 is 9.88 Å². The highest BCUT2D eigenvalue weighted by atomic mass is 32.2. The van der Waals surface area contributed by atoms with Crippen molar-refractivity contribution in [1.29, 1.82) is 0 Å². The maximum atomic E-state index is 4.45. The lowest BCUT2D eigenvalue weighted by Crippen LogP contribution is -2.24. The molecule has 0 radical (unpaired) electrons. The summed E-state index contributed by atoms with van der Waals surface area (Å²) in [5, 5.41) is 4.52. The largest absolute Gasteiger partial charge is 0.337 e. The Morgan fingerprint density at radius 1 is 1.53 bits per heavy atom. The molecule has 0 saturated heterocycles. The van der Waals surface area contributed by atoms with Crippen molar-refractivity contribution in [2.75, 3.05) is 13.3 Å². The number of amidine groups is 1. The van der Waals surface area contributed by atoms with Gasteiger partial charge in [-0.15, -0.1) is 11.8 Å². The van der Waals surface area contributed by atoms with Gasteiger partial charge in [-0.25, -0.2) is 4.98 Å². The average molecular weight is 250 g/mol. The maximum absolute atomic E-state index is 4.45. The van der Waals surface area contributed by atoms with E-state index in [4.69, 9.17) is 0 Å². The van der Waals surface area contributed by atoms with Crippen LogP contribution in [0.15, 0.2) is 22.4 Å². The molecule has 17 heavy (non-hydrogen) atoms. The number of aromatic nitrogens is 2. The Morgan fingerprint density at radius 3 is 3.06 bits per heavy atom. The lowest BCUT2D eigenvalue weighted by Gasteiger charge is -2.09. The minimum atomic E-state index is 0.864. The molecular weight excluding hydrogens is 232 g/mol. The highest BCUT2D eigenvalue weighted by molar-refractivity contribution is 8.02. The fourth-order valence-electron chi connectivity index (χ4n) is 1.97. The molecule has 0 aliphatic carbocycles. The van der Waals surface area contributed by atoms with Crippen LogP contribution >= 0.6 is 11.8 Å². The van der Waals surface area contributed by atoms with Gasteiger partial charge in [-0.3, -0.25) is 4.99 Å². The zero-order valence-corrected chi connectivity index (χ0v) is 11.3. The standard InChI is InChI=1S/C12H18N4S/c1-13-12-11-9(16(2)8-14-11)6-4-5-7-10(15-12)17-3/h7-8H,4-6H2,1-3H3,(H,13,15)/b10-7-. The average Bonchev–Trinajstić information content (AvgIpc) is 2.73. The minimum absolute atomic E-state index is 0.864. The van der Waals surface area contributed by atoms with E-state index >= 15 is 0 Å². The van der Waals surface area contributed by atoms with Crippen LogP contribution in [0, 0.1) is 0 Å². The Morgan fingerprint density at radius 2 is 2.35 bits per heavy atom. The van der Waals surface area contributed by atoms with E-state index < -0.39 is 0 Å². The van der Waals surface area contributed by atoms with Crippen molar-refractivity contribution in [3.63, 3.8) is 0 Å². The third kappa shape index (κ3) is 2.54. The molecule has 92 valence electrons. The first-order valence-electron chi connectivity index (χ1n) is 5.74. The molecule has 4 nitrogen and oxygen atoms in total. The van der Waals surface area contributed by atoms with Gasteiger partial charge in [0.1, 0.15) is 5.69 Å². The molecule has 0 spiro atoms. The summed E-state index contributed by atoms with van der Waals surface area (Å²) in [4.78, 5) is 8.77. The third-order valence-electron chi connectivity index (χ3n) is 2.92. The molecule has 0 aromatic carbocycles. The van der Waals surface area contributed by atoms with Crippen molar-refractivity contribution in [1.82, 2.24) is 14.9 Å². The van der Waals surface area contributed by atoms with E-state index in [1.54, 1.807) is 18.8 Å². The van der Waals surface area contributed by atoms with E-state index in [9.17, 15) is 0 Å². The Bertz CT molecular complexity index is 459. The number of aryl methyl sites for hydroxylation is 1. The predicted octanol–water partition coefficient (Wildman–Crippen LogP) is 1.93. The van der Waals surface area contributed by atoms with Crippen molar-refractivity contribution in [3.05, 3.63) is 28.8 Å². The second-order valence-electron chi connectivity index (χ2n) is 4.01. The molecule has 2 rings (SSSR count). The molecule has 0 unspecified atom stereocenters. The molecule has 0 saturated carbocycles. The molecule has 0 bridgehead atoms. The fourth-order valence-corrected chi connectivity index (χ4v) is 2.46. The van der Waals surface area contributed by atoms with Crippen LogP contribution in [0.1, 0.15) is 24.2 Å². The molecule has 1 aromatic heterocycles. The number of nitrogens with zero attached hydrogens (tertiary/aromatic N) is 3. The molecule has 1 aromatic rings. The summed E-state index contributed by atoms with van der Waals surface area (Å²) >= 11 is 1.71. The van der Waals surface area contributed by atoms with Crippen molar-refractivity contribution in [3.8, 4) is 0 Å². The molecule has 0 atom stereocenters. The maximum Gasteiger partial charge on any atom is 0.153 e. The lowest BCUT2D eigenvalue weighted by molar-refractivity contribution is 0.755. The number of imidazole rings is 1. The Labute approximate surface area is 106 Å². The Balaban J connectivity index is 2.40. The van der Waals surface area contributed by atoms with Gasteiger partial charge in [0.15, 0.2) is 5.84 Å². The summed E-state index contributed by atoms with van der Waals surface area (Å²) < 4.78 is 2.09. The van der Waals surface area contributed by atoms with Crippen molar-refractivity contribution in [2.45, 2.75) is 19.3 Å². The van der Waals surface area contributed by atoms with Gasteiger partial charge in [-0.1, -0.05) is 6.08 Å².